The summed E-state index contributed by atoms with van der Waals surface area (Å²) in [6.45, 7) is -0.103. The lowest BCUT2D eigenvalue weighted by atomic mass is 10.1. The highest BCUT2D eigenvalue weighted by atomic mass is 32.2. The van der Waals surface area contributed by atoms with Gasteiger partial charge in [0.1, 0.15) is 6.54 Å². The van der Waals surface area contributed by atoms with Crippen LogP contribution in [0.4, 0.5) is 18.9 Å². The molecule has 0 aliphatic heterocycles. The van der Waals surface area contributed by atoms with E-state index >= 15 is 0 Å². The summed E-state index contributed by atoms with van der Waals surface area (Å²) in [5.41, 5.74) is -2.52. The van der Waals surface area contributed by atoms with Crippen LogP contribution >= 0.6 is 11.8 Å². The van der Waals surface area contributed by atoms with Crippen molar-refractivity contribution in [2.45, 2.75) is 17.9 Å². The molecule has 2 heterocycles. The van der Waals surface area contributed by atoms with Crippen molar-refractivity contribution in [1.82, 2.24) is 19.7 Å². The fraction of sp³-hybridized carbons (Fsp3) is 0.188. The molecule has 2 N–H and O–H groups in total. The van der Waals surface area contributed by atoms with Gasteiger partial charge in [-0.25, -0.2) is 4.79 Å². The Labute approximate surface area is 164 Å². The van der Waals surface area contributed by atoms with Crippen LogP contribution in [0.25, 0.3) is 0 Å². The number of thioether (sulfide) groups is 1. The first-order chi connectivity index (χ1) is 13.7. The number of carbonyl (C=O) groups excluding carboxylic acids is 1. The van der Waals surface area contributed by atoms with Crippen molar-refractivity contribution in [3.8, 4) is 0 Å². The van der Waals surface area contributed by atoms with E-state index in [-0.39, 0.29) is 29.1 Å². The summed E-state index contributed by atoms with van der Waals surface area (Å²) in [5, 5.41) is 9.60. The van der Waals surface area contributed by atoms with Gasteiger partial charge in [0.05, 0.1) is 17.0 Å². The van der Waals surface area contributed by atoms with Gasteiger partial charge in [-0.05, 0) is 12.1 Å². The number of para-hydroxylation sites is 1. The highest BCUT2D eigenvalue weighted by molar-refractivity contribution is 7.99. The topological polar surface area (TPSA) is 123 Å². The zero-order chi connectivity index (χ0) is 21.0. The van der Waals surface area contributed by atoms with Crippen LogP contribution in [0.2, 0.25) is 0 Å². The summed E-state index contributed by atoms with van der Waals surface area (Å²) in [6.07, 6.45) is -3.35. The van der Waals surface area contributed by atoms with E-state index in [1.165, 1.54) is 18.3 Å². The lowest BCUT2D eigenvalue weighted by Crippen LogP contribution is -2.28. The van der Waals surface area contributed by atoms with Gasteiger partial charge < -0.3 is 9.73 Å². The van der Waals surface area contributed by atoms with Crippen molar-refractivity contribution in [2.24, 2.45) is 0 Å². The average molecular weight is 427 g/mol. The predicted octanol–water partition coefficient (Wildman–Crippen LogP) is 1.72. The maximum Gasteiger partial charge on any atom is 0.418 e. The van der Waals surface area contributed by atoms with Crippen molar-refractivity contribution in [3.63, 3.8) is 0 Å². The molecule has 0 bridgehead atoms. The van der Waals surface area contributed by atoms with Crippen LogP contribution < -0.4 is 16.6 Å². The number of carbonyl (C=O) groups is 1. The molecule has 1 amide bonds. The minimum atomic E-state index is -4.60. The SMILES string of the molecule is O=C(CSc1nnc(Cn2ccc(=O)[nH]c2=O)o1)Nc1ccccc1C(F)(F)F. The number of amides is 1. The Morgan fingerprint density at radius 3 is 2.69 bits per heavy atom. The first-order valence-electron chi connectivity index (χ1n) is 7.93. The van der Waals surface area contributed by atoms with Gasteiger partial charge in [-0.1, -0.05) is 23.9 Å². The largest absolute Gasteiger partial charge is 0.418 e. The van der Waals surface area contributed by atoms with Gasteiger partial charge in [-0.2, -0.15) is 13.2 Å². The number of H-pyrrole nitrogens is 1. The Morgan fingerprint density at radius 1 is 1.21 bits per heavy atom. The van der Waals surface area contributed by atoms with Crippen molar-refractivity contribution >= 4 is 23.4 Å². The highest BCUT2D eigenvalue weighted by Gasteiger charge is 2.33. The third kappa shape index (κ3) is 5.34. The van der Waals surface area contributed by atoms with E-state index in [1.807, 2.05) is 0 Å². The second-order valence-electron chi connectivity index (χ2n) is 5.58. The lowest BCUT2D eigenvalue weighted by molar-refractivity contribution is -0.137. The summed E-state index contributed by atoms with van der Waals surface area (Å²) in [7, 11) is 0. The second kappa shape index (κ2) is 8.34. The van der Waals surface area contributed by atoms with E-state index in [0.29, 0.717) is 0 Å². The Hall–Kier alpha value is -3.35. The molecule has 13 heteroatoms. The molecule has 0 saturated heterocycles. The molecule has 0 saturated carbocycles. The van der Waals surface area contributed by atoms with Gasteiger partial charge in [0.25, 0.3) is 10.8 Å². The standard InChI is InChI=1S/C16H12F3N5O4S/c17-16(18,19)9-3-1-2-4-10(9)20-12(26)8-29-15-23-22-13(28-15)7-24-6-5-11(25)21-14(24)27/h1-6H,7-8H2,(H,20,26)(H,21,25,27). The smallest absolute Gasteiger partial charge is 0.414 e. The number of hydrogen-bond acceptors (Lipinski definition) is 7. The van der Waals surface area contributed by atoms with Crippen LogP contribution in [-0.4, -0.2) is 31.4 Å². The van der Waals surface area contributed by atoms with E-state index in [4.69, 9.17) is 4.42 Å². The second-order valence-corrected chi connectivity index (χ2v) is 6.51. The lowest BCUT2D eigenvalue weighted by Gasteiger charge is -2.13. The third-order valence-corrected chi connectivity index (χ3v) is 4.30. The maximum atomic E-state index is 12.9. The van der Waals surface area contributed by atoms with Crippen LogP contribution in [-0.2, 0) is 17.5 Å². The van der Waals surface area contributed by atoms with E-state index in [1.54, 1.807) is 0 Å². The molecule has 0 aliphatic carbocycles. The third-order valence-electron chi connectivity index (χ3n) is 3.48. The number of nitrogens with one attached hydrogen (secondary N) is 2. The fourth-order valence-corrected chi connectivity index (χ4v) is 2.81. The Bertz CT molecular complexity index is 1140. The van der Waals surface area contributed by atoms with Gasteiger partial charge >= 0.3 is 11.9 Å². The molecule has 3 aromatic rings. The molecular formula is C16H12F3N5O4S. The number of hydrogen-bond donors (Lipinski definition) is 2. The van der Waals surface area contributed by atoms with Crippen molar-refractivity contribution in [1.29, 1.82) is 0 Å². The van der Waals surface area contributed by atoms with Crippen molar-refractivity contribution < 1.29 is 22.4 Å². The highest BCUT2D eigenvalue weighted by Crippen LogP contribution is 2.34. The van der Waals surface area contributed by atoms with Crippen LogP contribution in [0.3, 0.4) is 0 Å². The number of benzene rings is 1. The number of rotatable bonds is 6. The first-order valence-corrected chi connectivity index (χ1v) is 8.92. The summed E-state index contributed by atoms with van der Waals surface area (Å²) in [5.74, 6) is -0.917. The molecule has 0 atom stereocenters. The number of aromatic nitrogens is 4. The van der Waals surface area contributed by atoms with E-state index in [0.717, 1.165) is 34.5 Å². The molecule has 0 radical (unpaired) electrons. The minimum Gasteiger partial charge on any atom is -0.414 e. The van der Waals surface area contributed by atoms with Crippen LogP contribution in [0, 0.1) is 0 Å². The van der Waals surface area contributed by atoms with Gasteiger partial charge in [0.15, 0.2) is 0 Å². The zero-order valence-corrected chi connectivity index (χ0v) is 15.2. The number of alkyl halides is 3. The average Bonchev–Trinajstić information content (AvgIpc) is 3.09. The predicted molar refractivity (Wildman–Crippen MR) is 95.5 cm³/mol. The molecule has 0 spiro atoms. The molecule has 9 nitrogen and oxygen atoms in total. The fourth-order valence-electron chi connectivity index (χ4n) is 2.23. The van der Waals surface area contributed by atoms with Gasteiger partial charge in [-0.3, -0.25) is 19.1 Å². The van der Waals surface area contributed by atoms with Crippen LogP contribution in [0.15, 0.2) is 55.8 Å². The molecule has 29 heavy (non-hydrogen) atoms. The zero-order valence-electron chi connectivity index (χ0n) is 14.4. The molecule has 2 aromatic heterocycles. The number of nitrogens with zero attached hydrogens (tertiary/aromatic N) is 3. The molecule has 0 fully saturated rings. The van der Waals surface area contributed by atoms with Gasteiger partial charge in [0.2, 0.25) is 11.8 Å². The van der Waals surface area contributed by atoms with Crippen molar-refractivity contribution in [3.05, 3.63) is 68.8 Å². The van der Waals surface area contributed by atoms with Crippen LogP contribution in [0.1, 0.15) is 11.5 Å². The quantitative estimate of drug-likeness (QED) is 0.574. The van der Waals surface area contributed by atoms with Gasteiger partial charge in [0, 0.05) is 12.3 Å². The number of anilines is 1. The molecule has 3 rings (SSSR count). The molecule has 1 aromatic carbocycles. The summed E-state index contributed by atoms with van der Waals surface area (Å²) in [4.78, 5) is 36.7. The van der Waals surface area contributed by atoms with Gasteiger partial charge in [-0.15, -0.1) is 10.2 Å². The summed E-state index contributed by atoms with van der Waals surface area (Å²) >= 11 is 0.820. The Kier molecular flexibility index (Phi) is 5.87. The summed E-state index contributed by atoms with van der Waals surface area (Å²) < 4.78 is 45.3. The molecule has 0 unspecified atom stereocenters. The molecule has 0 aliphatic rings. The van der Waals surface area contributed by atoms with E-state index in [9.17, 15) is 27.6 Å². The normalized spacial score (nSPS) is 11.4. The van der Waals surface area contributed by atoms with E-state index < -0.39 is 28.9 Å². The summed E-state index contributed by atoms with van der Waals surface area (Å²) in [6, 6.07) is 5.77. The van der Waals surface area contributed by atoms with Crippen LogP contribution in [0.5, 0.6) is 0 Å². The minimum absolute atomic E-state index is 0.00303. The number of halogens is 3. The molecular weight excluding hydrogens is 415 g/mol. The maximum absolute atomic E-state index is 12.9. The number of aromatic amines is 1. The Balaban J connectivity index is 1.59. The van der Waals surface area contributed by atoms with E-state index in [2.05, 4.69) is 20.5 Å². The first kappa shape index (κ1) is 20.4. The van der Waals surface area contributed by atoms with Crippen molar-refractivity contribution in [2.75, 3.05) is 11.1 Å². The molecule has 152 valence electrons. The monoisotopic (exact) mass is 427 g/mol. The Morgan fingerprint density at radius 2 is 1.97 bits per heavy atom.